The number of carbonyl (C=O) groups is 1. The standard InChI is InChI=1S/C18H23N3O/c1-14(2)10-11-20(16-8-9-16)18(22)15-12-19-21(13-15)17-6-4-3-5-7-17/h3-7,12-14,16H,8-11H2,1-2H3. The zero-order valence-electron chi connectivity index (χ0n) is 13.3. The lowest BCUT2D eigenvalue weighted by atomic mass is 10.1. The van der Waals surface area contributed by atoms with E-state index in [0.717, 1.165) is 31.5 Å². The van der Waals surface area contributed by atoms with Crippen LogP contribution in [0.2, 0.25) is 0 Å². The molecule has 1 fully saturated rings. The minimum atomic E-state index is 0.116. The van der Waals surface area contributed by atoms with Crippen LogP contribution in [0.4, 0.5) is 0 Å². The molecule has 1 saturated carbocycles. The van der Waals surface area contributed by atoms with Crippen molar-refractivity contribution in [1.82, 2.24) is 14.7 Å². The molecule has 0 aliphatic heterocycles. The van der Waals surface area contributed by atoms with Gasteiger partial charge in [-0.1, -0.05) is 32.0 Å². The summed E-state index contributed by atoms with van der Waals surface area (Å²) in [5.74, 6) is 0.728. The first-order chi connectivity index (χ1) is 10.6. The molecule has 1 aromatic carbocycles. The summed E-state index contributed by atoms with van der Waals surface area (Å²) in [6, 6.07) is 10.3. The first-order valence-electron chi connectivity index (χ1n) is 8.06. The Balaban J connectivity index is 1.75. The Morgan fingerprint density at radius 2 is 2.05 bits per heavy atom. The number of benzene rings is 1. The SMILES string of the molecule is CC(C)CCN(C(=O)c1cnn(-c2ccccc2)c1)C1CC1. The molecular weight excluding hydrogens is 274 g/mol. The Hall–Kier alpha value is -2.10. The lowest BCUT2D eigenvalue weighted by Crippen LogP contribution is -2.34. The van der Waals surface area contributed by atoms with Crippen molar-refractivity contribution in [3.05, 3.63) is 48.3 Å². The quantitative estimate of drug-likeness (QED) is 0.818. The summed E-state index contributed by atoms with van der Waals surface area (Å²) < 4.78 is 1.76. The van der Waals surface area contributed by atoms with Crippen LogP contribution in [0.15, 0.2) is 42.7 Å². The van der Waals surface area contributed by atoms with Crippen LogP contribution < -0.4 is 0 Å². The van der Waals surface area contributed by atoms with E-state index in [2.05, 4.69) is 18.9 Å². The molecule has 4 nitrogen and oxygen atoms in total. The van der Waals surface area contributed by atoms with Crippen molar-refractivity contribution in [3.8, 4) is 5.69 Å². The van der Waals surface area contributed by atoms with Gasteiger partial charge in [-0.3, -0.25) is 4.79 Å². The fourth-order valence-corrected chi connectivity index (χ4v) is 2.55. The van der Waals surface area contributed by atoms with Crippen molar-refractivity contribution < 1.29 is 4.79 Å². The van der Waals surface area contributed by atoms with E-state index >= 15 is 0 Å². The molecule has 1 heterocycles. The molecule has 0 radical (unpaired) electrons. The van der Waals surface area contributed by atoms with Crippen LogP contribution in [-0.4, -0.2) is 33.2 Å². The Morgan fingerprint density at radius 3 is 2.68 bits per heavy atom. The molecule has 116 valence electrons. The number of hydrogen-bond donors (Lipinski definition) is 0. The molecule has 0 unspecified atom stereocenters. The van der Waals surface area contributed by atoms with Crippen molar-refractivity contribution in [2.75, 3.05) is 6.54 Å². The zero-order valence-corrected chi connectivity index (χ0v) is 13.3. The summed E-state index contributed by atoms with van der Waals surface area (Å²) in [5.41, 5.74) is 1.65. The predicted molar refractivity (Wildman–Crippen MR) is 87.1 cm³/mol. The number of hydrogen-bond acceptors (Lipinski definition) is 2. The van der Waals surface area contributed by atoms with Crippen molar-refractivity contribution in [2.24, 2.45) is 5.92 Å². The summed E-state index contributed by atoms with van der Waals surface area (Å²) >= 11 is 0. The van der Waals surface area contributed by atoms with Crippen LogP contribution >= 0.6 is 0 Å². The molecule has 1 aliphatic rings. The summed E-state index contributed by atoms with van der Waals surface area (Å²) in [6.45, 7) is 5.24. The fourth-order valence-electron chi connectivity index (χ4n) is 2.55. The van der Waals surface area contributed by atoms with Crippen LogP contribution in [-0.2, 0) is 0 Å². The van der Waals surface area contributed by atoms with Gasteiger partial charge in [-0.05, 0) is 37.3 Å². The molecule has 0 spiro atoms. The van der Waals surface area contributed by atoms with Gasteiger partial charge in [0.2, 0.25) is 0 Å². The number of carbonyl (C=O) groups excluding carboxylic acids is 1. The van der Waals surface area contributed by atoms with Gasteiger partial charge in [-0.25, -0.2) is 4.68 Å². The Morgan fingerprint density at radius 1 is 1.32 bits per heavy atom. The van der Waals surface area contributed by atoms with E-state index in [1.165, 1.54) is 0 Å². The number of aromatic nitrogens is 2. The average molecular weight is 297 g/mol. The molecule has 0 bridgehead atoms. The van der Waals surface area contributed by atoms with Gasteiger partial charge in [0, 0.05) is 18.8 Å². The second kappa shape index (κ2) is 6.34. The molecule has 4 heteroatoms. The molecule has 1 aromatic heterocycles. The van der Waals surface area contributed by atoms with Crippen molar-refractivity contribution in [1.29, 1.82) is 0 Å². The van der Waals surface area contributed by atoms with E-state index in [0.29, 0.717) is 17.5 Å². The fraction of sp³-hybridized carbons (Fsp3) is 0.444. The second-order valence-corrected chi connectivity index (χ2v) is 6.42. The largest absolute Gasteiger partial charge is 0.336 e. The topological polar surface area (TPSA) is 38.1 Å². The zero-order chi connectivity index (χ0) is 15.5. The van der Waals surface area contributed by atoms with Crippen LogP contribution in [0.1, 0.15) is 43.5 Å². The number of nitrogens with zero attached hydrogens (tertiary/aromatic N) is 3. The van der Waals surface area contributed by atoms with Gasteiger partial charge in [0.1, 0.15) is 0 Å². The van der Waals surface area contributed by atoms with E-state index in [1.54, 1.807) is 10.9 Å². The molecule has 2 aromatic rings. The highest BCUT2D eigenvalue weighted by atomic mass is 16.2. The van der Waals surface area contributed by atoms with Gasteiger partial charge in [-0.2, -0.15) is 5.10 Å². The molecule has 3 rings (SSSR count). The highest BCUT2D eigenvalue weighted by Crippen LogP contribution is 2.29. The van der Waals surface area contributed by atoms with Crippen LogP contribution in [0.5, 0.6) is 0 Å². The smallest absolute Gasteiger partial charge is 0.257 e. The van der Waals surface area contributed by atoms with Crippen molar-refractivity contribution in [3.63, 3.8) is 0 Å². The van der Waals surface area contributed by atoms with Gasteiger partial charge in [0.25, 0.3) is 5.91 Å². The lowest BCUT2D eigenvalue weighted by molar-refractivity contribution is 0.0735. The molecule has 0 atom stereocenters. The maximum atomic E-state index is 12.8. The van der Waals surface area contributed by atoms with Crippen molar-refractivity contribution >= 4 is 5.91 Å². The van der Waals surface area contributed by atoms with E-state index in [9.17, 15) is 4.79 Å². The Labute approximate surface area is 131 Å². The second-order valence-electron chi connectivity index (χ2n) is 6.42. The summed E-state index contributed by atoms with van der Waals surface area (Å²) in [6.07, 6.45) is 6.84. The van der Waals surface area contributed by atoms with E-state index in [-0.39, 0.29) is 5.91 Å². The summed E-state index contributed by atoms with van der Waals surface area (Å²) in [7, 11) is 0. The molecule has 1 aliphatic carbocycles. The molecule has 22 heavy (non-hydrogen) atoms. The normalized spacial score (nSPS) is 14.3. The van der Waals surface area contributed by atoms with Gasteiger partial charge >= 0.3 is 0 Å². The van der Waals surface area contributed by atoms with Gasteiger partial charge in [-0.15, -0.1) is 0 Å². The summed E-state index contributed by atoms with van der Waals surface area (Å²) in [5, 5.41) is 4.33. The first kappa shape index (κ1) is 14.8. The lowest BCUT2D eigenvalue weighted by Gasteiger charge is -2.22. The predicted octanol–water partition coefficient (Wildman–Crippen LogP) is 3.52. The van der Waals surface area contributed by atoms with Gasteiger partial charge in [0.05, 0.1) is 17.4 Å². The number of para-hydroxylation sites is 1. The molecule has 1 amide bonds. The number of amides is 1. The van der Waals surface area contributed by atoms with Crippen molar-refractivity contribution in [2.45, 2.75) is 39.2 Å². The van der Waals surface area contributed by atoms with Gasteiger partial charge in [0.15, 0.2) is 0 Å². The Kier molecular flexibility index (Phi) is 4.27. The first-order valence-corrected chi connectivity index (χ1v) is 8.06. The average Bonchev–Trinajstić information content (AvgIpc) is 3.23. The molecule has 0 saturated heterocycles. The third kappa shape index (κ3) is 3.38. The van der Waals surface area contributed by atoms with Crippen LogP contribution in [0.25, 0.3) is 5.69 Å². The minimum Gasteiger partial charge on any atom is -0.336 e. The van der Waals surface area contributed by atoms with E-state index in [4.69, 9.17) is 0 Å². The van der Waals surface area contributed by atoms with Crippen LogP contribution in [0, 0.1) is 5.92 Å². The van der Waals surface area contributed by atoms with E-state index in [1.807, 2.05) is 41.4 Å². The number of rotatable bonds is 6. The van der Waals surface area contributed by atoms with E-state index < -0.39 is 0 Å². The third-order valence-electron chi connectivity index (χ3n) is 4.05. The summed E-state index contributed by atoms with van der Waals surface area (Å²) in [4.78, 5) is 14.8. The monoisotopic (exact) mass is 297 g/mol. The maximum Gasteiger partial charge on any atom is 0.257 e. The third-order valence-corrected chi connectivity index (χ3v) is 4.05. The van der Waals surface area contributed by atoms with Gasteiger partial charge < -0.3 is 4.90 Å². The highest BCUT2D eigenvalue weighted by Gasteiger charge is 2.33. The molecule has 0 N–H and O–H groups in total. The van der Waals surface area contributed by atoms with Crippen LogP contribution in [0.3, 0.4) is 0 Å². The maximum absolute atomic E-state index is 12.8. The minimum absolute atomic E-state index is 0.116. The molecular formula is C18H23N3O. The highest BCUT2D eigenvalue weighted by molar-refractivity contribution is 5.94. The Bertz CT molecular complexity index is 629.